The molecule has 0 radical (unpaired) electrons. The van der Waals surface area contributed by atoms with E-state index in [2.05, 4.69) is 11.1 Å². The zero-order valence-electron chi connectivity index (χ0n) is 9.96. The highest BCUT2D eigenvalue weighted by Gasteiger charge is 2.10. The SMILES string of the molecule is Cc1cccc(C#N)c1-n1cnc2ccccc21. The molecular weight excluding hydrogens is 222 g/mol. The summed E-state index contributed by atoms with van der Waals surface area (Å²) >= 11 is 0. The van der Waals surface area contributed by atoms with E-state index in [1.54, 1.807) is 6.33 Å². The third-order valence-corrected chi connectivity index (χ3v) is 3.05. The monoisotopic (exact) mass is 233 g/mol. The van der Waals surface area contributed by atoms with Crippen molar-refractivity contribution in [1.29, 1.82) is 5.26 Å². The van der Waals surface area contributed by atoms with Crippen molar-refractivity contribution in [2.75, 3.05) is 0 Å². The third kappa shape index (κ3) is 1.47. The number of benzene rings is 2. The Hall–Kier alpha value is -2.60. The number of imidazole rings is 1. The molecule has 86 valence electrons. The fraction of sp³-hybridized carbons (Fsp3) is 0.0667. The molecule has 2 aromatic carbocycles. The van der Waals surface area contributed by atoms with Gasteiger partial charge in [-0.2, -0.15) is 5.26 Å². The van der Waals surface area contributed by atoms with Crippen LogP contribution in [0.4, 0.5) is 0 Å². The van der Waals surface area contributed by atoms with Crippen molar-refractivity contribution in [2.45, 2.75) is 6.92 Å². The van der Waals surface area contributed by atoms with E-state index in [0.717, 1.165) is 22.3 Å². The maximum atomic E-state index is 9.23. The minimum Gasteiger partial charge on any atom is -0.297 e. The Kier molecular flexibility index (Phi) is 2.35. The minimum absolute atomic E-state index is 0.665. The van der Waals surface area contributed by atoms with Gasteiger partial charge in [0, 0.05) is 0 Å². The number of nitrogens with zero attached hydrogens (tertiary/aromatic N) is 3. The van der Waals surface area contributed by atoms with Crippen LogP contribution in [0.15, 0.2) is 48.8 Å². The number of hydrogen-bond acceptors (Lipinski definition) is 2. The first-order valence-corrected chi connectivity index (χ1v) is 5.73. The first kappa shape index (κ1) is 10.5. The molecule has 0 atom stereocenters. The maximum absolute atomic E-state index is 9.23. The van der Waals surface area contributed by atoms with Crippen molar-refractivity contribution in [1.82, 2.24) is 9.55 Å². The largest absolute Gasteiger partial charge is 0.297 e. The molecule has 0 bridgehead atoms. The number of para-hydroxylation sites is 3. The van der Waals surface area contributed by atoms with Crippen LogP contribution in [0, 0.1) is 18.3 Å². The lowest BCUT2D eigenvalue weighted by atomic mass is 10.1. The summed E-state index contributed by atoms with van der Waals surface area (Å²) in [5.41, 5.74) is 4.59. The molecule has 0 amide bonds. The van der Waals surface area contributed by atoms with Gasteiger partial charge in [-0.05, 0) is 30.7 Å². The third-order valence-electron chi connectivity index (χ3n) is 3.05. The predicted octanol–water partition coefficient (Wildman–Crippen LogP) is 3.21. The van der Waals surface area contributed by atoms with E-state index in [4.69, 9.17) is 0 Å². The first-order valence-electron chi connectivity index (χ1n) is 5.73. The highest BCUT2D eigenvalue weighted by atomic mass is 15.1. The molecule has 0 unspecified atom stereocenters. The Balaban J connectivity index is 2.37. The zero-order chi connectivity index (χ0) is 12.5. The highest BCUT2D eigenvalue weighted by Crippen LogP contribution is 2.23. The van der Waals surface area contributed by atoms with Gasteiger partial charge in [0.2, 0.25) is 0 Å². The zero-order valence-corrected chi connectivity index (χ0v) is 9.96. The van der Waals surface area contributed by atoms with E-state index in [1.165, 1.54) is 0 Å². The molecule has 3 heteroatoms. The van der Waals surface area contributed by atoms with E-state index in [0.29, 0.717) is 5.56 Å². The molecule has 0 fully saturated rings. The minimum atomic E-state index is 0.665. The van der Waals surface area contributed by atoms with E-state index in [-0.39, 0.29) is 0 Å². The summed E-state index contributed by atoms with van der Waals surface area (Å²) in [7, 11) is 0. The van der Waals surface area contributed by atoms with Crippen molar-refractivity contribution >= 4 is 11.0 Å². The van der Waals surface area contributed by atoms with Crippen molar-refractivity contribution in [2.24, 2.45) is 0 Å². The average Bonchev–Trinajstić information content (AvgIpc) is 2.82. The lowest BCUT2D eigenvalue weighted by molar-refractivity contribution is 1.07. The fourth-order valence-corrected chi connectivity index (χ4v) is 2.21. The average molecular weight is 233 g/mol. The van der Waals surface area contributed by atoms with Gasteiger partial charge in [-0.15, -0.1) is 0 Å². The lowest BCUT2D eigenvalue weighted by Gasteiger charge is -2.09. The Morgan fingerprint density at radius 2 is 1.94 bits per heavy atom. The van der Waals surface area contributed by atoms with Crippen molar-refractivity contribution in [3.8, 4) is 11.8 Å². The van der Waals surface area contributed by atoms with Crippen molar-refractivity contribution in [3.05, 3.63) is 59.9 Å². The van der Waals surface area contributed by atoms with E-state index in [1.807, 2.05) is 54.0 Å². The van der Waals surface area contributed by atoms with Gasteiger partial charge in [-0.1, -0.05) is 24.3 Å². The van der Waals surface area contributed by atoms with Gasteiger partial charge in [0.1, 0.15) is 12.4 Å². The number of nitriles is 1. The van der Waals surface area contributed by atoms with Crippen LogP contribution in [-0.4, -0.2) is 9.55 Å². The standard InChI is InChI=1S/C15H11N3/c1-11-5-4-6-12(9-16)15(11)18-10-17-13-7-2-3-8-14(13)18/h2-8,10H,1H3. The highest BCUT2D eigenvalue weighted by molar-refractivity contribution is 5.78. The maximum Gasteiger partial charge on any atom is 0.101 e. The second-order valence-electron chi connectivity index (χ2n) is 4.19. The van der Waals surface area contributed by atoms with Crippen LogP contribution in [0.1, 0.15) is 11.1 Å². The number of fused-ring (bicyclic) bond motifs is 1. The normalized spacial score (nSPS) is 10.4. The molecule has 1 aromatic heterocycles. The van der Waals surface area contributed by atoms with Gasteiger partial charge >= 0.3 is 0 Å². The van der Waals surface area contributed by atoms with Crippen LogP contribution in [0.3, 0.4) is 0 Å². The summed E-state index contributed by atoms with van der Waals surface area (Å²) in [5, 5.41) is 9.23. The molecule has 0 aliphatic carbocycles. The van der Waals surface area contributed by atoms with Crippen LogP contribution in [-0.2, 0) is 0 Å². The molecule has 1 heterocycles. The van der Waals surface area contributed by atoms with Crippen LogP contribution in [0.25, 0.3) is 16.7 Å². The van der Waals surface area contributed by atoms with Gasteiger partial charge in [0.25, 0.3) is 0 Å². The summed E-state index contributed by atoms with van der Waals surface area (Å²) in [6, 6.07) is 15.9. The van der Waals surface area contributed by atoms with Gasteiger partial charge in [0.05, 0.1) is 22.3 Å². The number of aryl methyl sites for hydroxylation is 1. The first-order chi connectivity index (χ1) is 8.81. The Bertz CT molecular complexity index is 763. The van der Waals surface area contributed by atoms with Gasteiger partial charge < -0.3 is 0 Å². The summed E-state index contributed by atoms with van der Waals surface area (Å²) in [5.74, 6) is 0. The summed E-state index contributed by atoms with van der Waals surface area (Å²) in [6.07, 6.45) is 1.77. The van der Waals surface area contributed by atoms with Crippen molar-refractivity contribution < 1.29 is 0 Å². The van der Waals surface area contributed by atoms with Crippen LogP contribution in [0.2, 0.25) is 0 Å². The molecule has 3 aromatic rings. The number of aromatic nitrogens is 2. The molecule has 0 saturated carbocycles. The number of rotatable bonds is 1. The summed E-state index contributed by atoms with van der Waals surface area (Å²) in [4.78, 5) is 4.37. The van der Waals surface area contributed by atoms with Crippen LogP contribution < -0.4 is 0 Å². The molecule has 18 heavy (non-hydrogen) atoms. The Morgan fingerprint density at radius 1 is 1.11 bits per heavy atom. The van der Waals surface area contributed by atoms with Gasteiger partial charge in [0.15, 0.2) is 0 Å². The van der Waals surface area contributed by atoms with Gasteiger partial charge in [-0.3, -0.25) is 4.57 Å². The Morgan fingerprint density at radius 3 is 2.78 bits per heavy atom. The molecule has 0 aliphatic rings. The van der Waals surface area contributed by atoms with Crippen LogP contribution in [0.5, 0.6) is 0 Å². The quantitative estimate of drug-likeness (QED) is 0.647. The molecule has 0 saturated heterocycles. The predicted molar refractivity (Wildman–Crippen MR) is 70.5 cm³/mol. The molecular formula is C15H11N3. The van der Waals surface area contributed by atoms with E-state index in [9.17, 15) is 5.26 Å². The van der Waals surface area contributed by atoms with Crippen LogP contribution >= 0.6 is 0 Å². The molecule has 0 spiro atoms. The Labute approximate surface area is 105 Å². The molecule has 0 aliphatic heterocycles. The lowest BCUT2D eigenvalue weighted by Crippen LogP contribution is -1.98. The van der Waals surface area contributed by atoms with Gasteiger partial charge in [-0.25, -0.2) is 4.98 Å². The smallest absolute Gasteiger partial charge is 0.101 e. The fourth-order valence-electron chi connectivity index (χ4n) is 2.21. The summed E-state index contributed by atoms with van der Waals surface area (Å²) in [6.45, 7) is 2.00. The molecule has 0 N–H and O–H groups in total. The summed E-state index contributed by atoms with van der Waals surface area (Å²) < 4.78 is 1.98. The molecule has 3 nitrogen and oxygen atoms in total. The van der Waals surface area contributed by atoms with Crippen molar-refractivity contribution in [3.63, 3.8) is 0 Å². The number of hydrogen-bond donors (Lipinski definition) is 0. The van der Waals surface area contributed by atoms with E-state index >= 15 is 0 Å². The second kappa shape index (κ2) is 4.01. The topological polar surface area (TPSA) is 41.6 Å². The molecule has 3 rings (SSSR count). The second-order valence-corrected chi connectivity index (χ2v) is 4.19. The van der Waals surface area contributed by atoms with E-state index < -0.39 is 0 Å².